The molecule has 0 spiro atoms. The third-order valence-corrected chi connectivity index (χ3v) is 4.48. The SMILES string of the molecule is COC(=O)c1cc(F)c(OCCC2CCN(C(=O)OC(C)(C)C)CC2)cc1F. The van der Waals surface area contributed by atoms with Gasteiger partial charge in [0.15, 0.2) is 11.6 Å². The van der Waals surface area contributed by atoms with E-state index < -0.39 is 28.8 Å². The van der Waals surface area contributed by atoms with Gasteiger partial charge in [0, 0.05) is 19.2 Å². The molecule has 1 aromatic carbocycles. The Bertz CT molecular complexity index is 709. The smallest absolute Gasteiger partial charge is 0.410 e. The van der Waals surface area contributed by atoms with Gasteiger partial charge in [-0.1, -0.05) is 0 Å². The second kappa shape index (κ2) is 9.21. The number of ether oxygens (including phenoxy) is 3. The number of benzene rings is 1. The molecular formula is C20H27F2NO5. The van der Waals surface area contributed by atoms with Crippen LogP contribution in [0.15, 0.2) is 12.1 Å². The molecule has 1 amide bonds. The largest absolute Gasteiger partial charge is 0.490 e. The molecule has 6 nitrogen and oxygen atoms in total. The van der Waals surface area contributed by atoms with E-state index in [1.807, 2.05) is 20.8 Å². The zero-order chi connectivity index (χ0) is 20.9. The number of esters is 1. The first-order chi connectivity index (χ1) is 13.1. The van der Waals surface area contributed by atoms with E-state index >= 15 is 0 Å². The molecule has 0 radical (unpaired) electrons. The van der Waals surface area contributed by atoms with Gasteiger partial charge in [-0.15, -0.1) is 0 Å². The number of carbonyl (C=O) groups excluding carboxylic acids is 2. The Morgan fingerprint density at radius 3 is 2.36 bits per heavy atom. The van der Waals surface area contributed by atoms with Crippen LogP contribution in [-0.4, -0.2) is 49.4 Å². The van der Waals surface area contributed by atoms with Crippen LogP contribution >= 0.6 is 0 Å². The lowest BCUT2D eigenvalue weighted by Crippen LogP contribution is -2.41. The van der Waals surface area contributed by atoms with Crippen molar-refractivity contribution in [1.82, 2.24) is 4.90 Å². The van der Waals surface area contributed by atoms with E-state index in [0.717, 1.165) is 32.1 Å². The summed E-state index contributed by atoms with van der Waals surface area (Å²) in [5.41, 5.74) is -0.994. The van der Waals surface area contributed by atoms with Gasteiger partial charge in [0.2, 0.25) is 0 Å². The predicted molar refractivity (Wildman–Crippen MR) is 98.3 cm³/mol. The molecule has 1 saturated heterocycles. The molecule has 0 N–H and O–H groups in total. The van der Waals surface area contributed by atoms with E-state index in [4.69, 9.17) is 9.47 Å². The van der Waals surface area contributed by atoms with Crippen molar-refractivity contribution in [2.24, 2.45) is 5.92 Å². The molecule has 0 unspecified atom stereocenters. The van der Waals surface area contributed by atoms with Gasteiger partial charge in [-0.3, -0.25) is 0 Å². The minimum atomic E-state index is -0.945. The average Bonchev–Trinajstić information content (AvgIpc) is 2.62. The van der Waals surface area contributed by atoms with Gasteiger partial charge in [-0.25, -0.2) is 18.4 Å². The molecule has 28 heavy (non-hydrogen) atoms. The summed E-state index contributed by atoms with van der Waals surface area (Å²) in [6, 6.07) is 1.63. The van der Waals surface area contributed by atoms with Crippen LogP contribution in [0.2, 0.25) is 0 Å². The van der Waals surface area contributed by atoms with Crippen LogP contribution < -0.4 is 4.74 Å². The molecule has 0 bridgehead atoms. The van der Waals surface area contributed by atoms with Crippen LogP contribution in [0.1, 0.15) is 50.4 Å². The van der Waals surface area contributed by atoms with Gasteiger partial charge < -0.3 is 19.1 Å². The third-order valence-electron chi connectivity index (χ3n) is 4.48. The number of nitrogens with zero attached hydrogens (tertiary/aromatic N) is 1. The molecule has 0 atom stereocenters. The van der Waals surface area contributed by atoms with E-state index in [1.54, 1.807) is 4.90 Å². The van der Waals surface area contributed by atoms with Crippen LogP contribution in [0, 0.1) is 17.6 Å². The van der Waals surface area contributed by atoms with Crippen molar-refractivity contribution in [2.45, 2.75) is 45.6 Å². The molecule has 156 valence electrons. The van der Waals surface area contributed by atoms with Gasteiger partial charge in [-0.05, 0) is 52.0 Å². The van der Waals surface area contributed by atoms with E-state index in [0.29, 0.717) is 25.4 Å². The summed E-state index contributed by atoms with van der Waals surface area (Å²) in [6.07, 6.45) is 1.93. The first kappa shape index (κ1) is 21.9. The number of rotatable bonds is 5. The molecule has 0 aromatic heterocycles. The number of halogens is 2. The summed E-state index contributed by atoms with van der Waals surface area (Å²) >= 11 is 0. The fourth-order valence-corrected chi connectivity index (χ4v) is 2.97. The van der Waals surface area contributed by atoms with Gasteiger partial charge in [0.05, 0.1) is 19.3 Å². The molecule has 1 heterocycles. The van der Waals surface area contributed by atoms with Crippen molar-refractivity contribution >= 4 is 12.1 Å². The number of likely N-dealkylation sites (tertiary alicyclic amines) is 1. The number of methoxy groups -OCH3 is 1. The maximum Gasteiger partial charge on any atom is 0.410 e. The summed E-state index contributed by atoms with van der Waals surface area (Å²) in [5.74, 6) is -2.58. The number of hydrogen-bond donors (Lipinski definition) is 0. The highest BCUT2D eigenvalue weighted by molar-refractivity contribution is 5.89. The molecule has 8 heteroatoms. The van der Waals surface area contributed by atoms with Crippen molar-refractivity contribution in [1.29, 1.82) is 0 Å². The highest BCUT2D eigenvalue weighted by atomic mass is 19.1. The number of piperidine rings is 1. The Morgan fingerprint density at radius 1 is 1.14 bits per heavy atom. The second-order valence-electron chi connectivity index (χ2n) is 7.80. The lowest BCUT2D eigenvalue weighted by molar-refractivity contribution is 0.0177. The molecule has 2 rings (SSSR count). The second-order valence-corrected chi connectivity index (χ2v) is 7.80. The minimum absolute atomic E-state index is 0.213. The van der Waals surface area contributed by atoms with E-state index in [1.165, 1.54) is 0 Å². The van der Waals surface area contributed by atoms with E-state index in [-0.39, 0.29) is 18.4 Å². The molecular weight excluding hydrogens is 372 g/mol. The number of carbonyl (C=O) groups is 2. The zero-order valence-corrected chi connectivity index (χ0v) is 16.7. The fraction of sp³-hybridized carbons (Fsp3) is 0.600. The zero-order valence-electron chi connectivity index (χ0n) is 16.7. The van der Waals surface area contributed by atoms with Crippen LogP contribution in [0.4, 0.5) is 13.6 Å². The Hall–Kier alpha value is -2.38. The Labute approximate surface area is 163 Å². The fourth-order valence-electron chi connectivity index (χ4n) is 2.97. The summed E-state index contributed by atoms with van der Waals surface area (Å²) in [7, 11) is 1.10. The Balaban J connectivity index is 1.80. The summed E-state index contributed by atoms with van der Waals surface area (Å²) in [4.78, 5) is 25.1. The van der Waals surface area contributed by atoms with Crippen molar-refractivity contribution in [3.8, 4) is 5.75 Å². The van der Waals surface area contributed by atoms with Crippen LogP contribution in [-0.2, 0) is 9.47 Å². The number of amides is 1. The monoisotopic (exact) mass is 399 g/mol. The Kier molecular flexibility index (Phi) is 7.21. The van der Waals surface area contributed by atoms with Gasteiger partial charge >= 0.3 is 12.1 Å². The molecule has 0 saturated carbocycles. The summed E-state index contributed by atoms with van der Waals surface area (Å²) in [5, 5.41) is 0. The highest BCUT2D eigenvalue weighted by Crippen LogP contribution is 2.25. The van der Waals surface area contributed by atoms with Crippen molar-refractivity contribution in [3.05, 3.63) is 29.3 Å². The summed E-state index contributed by atoms with van der Waals surface area (Å²) < 4.78 is 43.0. The van der Waals surface area contributed by atoms with E-state index in [9.17, 15) is 18.4 Å². The molecule has 1 aliphatic rings. The quantitative estimate of drug-likeness (QED) is 0.696. The van der Waals surface area contributed by atoms with Gasteiger partial charge in [-0.2, -0.15) is 0 Å². The normalized spacial score (nSPS) is 15.3. The van der Waals surface area contributed by atoms with Crippen molar-refractivity contribution in [3.63, 3.8) is 0 Å². The Morgan fingerprint density at radius 2 is 1.79 bits per heavy atom. The average molecular weight is 399 g/mol. The maximum atomic E-state index is 14.0. The lowest BCUT2D eigenvalue weighted by atomic mass is 9.94. The number of hydrogen-bond acceptors (Lipinski definition) is 5. The van der Waals surface area contributed by atoms with Crippen molar-refractivity contribution < 1.29 is 32.6 Å². The van der Waals surface area contributed by atoms with Crippen LogP contribution in [0.3, 0.4) is 0 Å². The molecule has 1 aliphatic heterocycles. The van der Waals surface area contributed by atoms with Crippen LogP contribution in [0.5, 0.6) is 5.75 Å². The highest BCUT2D eigenvalue weighted by Gasteiger charge is 2.27. The molecule has 1 aromatic rings. The first-order valence-electron chi connectivity index (χ1n) is 9.29. The minimum Gasteiger partial charge on any atom is -0.490 e. The first-order valence-corrected chi connectivity index (χ1v) is 9.29. The topological polar surface area (TPSA) is 65.1 Å². The van der Waals surface area contributed by atoms with E-state index in [2.05, 4.69) is 4.74 Å². The lowest BCUT2D eigenvalue weighted by Gasteiger charge is -2.33. The molecule has 1 fully saturated rings. The van der Waals surface area contributed by atoms with Crippen LogP contribution in [0.25, 0.3) is 0 Å². The van der Waals surface area contributed by atoms with Gasteiger partial charge in [0.25, 0.3) is 0 Å². The van der Waals surface area contributed by atoms with Gasteiger partial charge in [0.1, 0.15) is 11.4 Å². The molecule has 0 aliphatic carbocycles. The van der Waals surface area contributed by atoms with Crippen molar-refractivity contribution in [2.75, 3.05) is 26.8 Å². The maximum absolute atomic E-state index is 14.0. The predicted octanol–water partition coefficient (Wildman–Crippen LogP) is 4.17. The standard InChI is InChI=1S/C20H27F2NO5/c1-20(2,3)28-19(25)23-8-5-13(6-9-23)7-10-27-17-12-15(21)14(11-16(17)22)18(24)26-4/h11-13H,5-10H2,1-4H3. The third kappa shape index (κ3) is 6.07. The summed E-state index contributed by atoms with van der Waals surface area (Å²) in [6.45, 7) is 6.88.